The van der Waals surface area contributed by atoms with Gasteiger partial charge in [0.15, 0.2) is 0 Å². The zero-order chi connectivity index (χ0) is 17.7. The molecule has 0 spiro atoms. The molecule has 0 saturated carbocycles. The van der Waals surface area contributed by atoms with Crippen LogP contribution in [-0.2, 0) is 18.4 Å². The molecule has 0 aromatic carbocycles. The van der Waals surface area contributed by atoms with Crippen LogP contribution >= 0.6 is 0 Å². The van der Waals surface area contributed by atoms with Gasteiger partial charge in [-0.2, -0.15) is 0 Å². The highest BCUT2D eigenvalue weighted by molar-refractivity contribution is 5.25. The minimum Gasteiger partial charge on any atom is -0.384 e. The Labute approximate surface area is 147 Å². The first-order valence-corrected chi connectivity index (χ1v) is 8.37. The molecular formula is C20H22N4O. The monoisotopic (exact) mass is 334 g/mol. The number of hydrogen-bond donors (Lipinski definition) is 1. The smallest absolute Gasteiger partial charge is 0.104 e. The molecule has 5 heteroatoms. The van der Waals surface area contributed by atoms with E-state index in [0.717, 1.165) is 28.9 Å². The van der Waals surface area contributed by atoms with Crippen LogP contribution in [-0.4, -0.2) is 25.0 Å². The lowest BCUT2D eigenvalue weighted by Gasteiger charge is -2.23. The van der Waals surface area contributed by atoms with Crippen molar-refractivity contribution in [3.8, 4) is 0 Å². The van der Waals surface area contributed by atoms with Crippen molar-refractivity contribution < 1.29 is 5.11 Å². The van der Waals surface area contributed by atoms with E-state index < -0.39 is 5.60 Å². The summed E-state index contributed by atoms with van der Waals surface area (Å²) in [6.07, 6.45) is 10.9. The van der Waals surface area contributed by atoms with E-state index in [2.05, 4.69) is 19.9 Å². The Morgan fingerprint density at radius 2 is 1.72 bits per heavy atom. The first-order valence-electron chi connectivity index (χ1n) is 8.37. The molecule has 0 amide bonds. The fraction of sp³-hybridized carbons (Fsp3) is 0.300. The predicted molar refractivity (Wildman–Crippen MR) is 95.9 cm³/mol. The number of pyridine rings is 2. The minimum absolute atomic E-state index is 0.595. The van der Waals surface area contributed by atoms with E-state index in [-0.39, 0.29) is 0 Å². The summed E-state index contributed by atoms with van der Waals surface area (Å²) in [5.74, 6) is 0. The van der Waals surface area contributed by atoms with Crippen molar-refractivity contribution in [2.75, 3.05) is 0 Å². The normalized spacial score (nSPS) is 13.4. The lowest BCUT2D eigenvalue weighted by atomic mass is 9.92. The second-order valence-corrected chi connectivity index (χ2v) is 6.50. The van der Waals surface area contributed by atoms with E-state index in [1.807, 2.05) is 38.1 Å². The summed E-state index contributed by atoms with van der Waals surface area (Å²) in [6, 6.07) is 7.84. The lowest BCUT2D eigenvalue weighted by Crippen LogP contribution is -2.23. The predicted octanol–water partition coefficient (Wildman–Crippen LogP) is 3.01. The molecule has 0 bridgehead atoms. The standard InChI is InChI=1S/C20H22N4O/c1-15-13-24-18(14-23-15)11-17-6-10-22-19(12-17)20(2,25)7-3-16-4-8-21-9-5-16/h4-6,8-10,12-14,25H,3,7,11H2,1-2H3. The molecule has 1 atom stereocenters. The largest absolute Gasteiger partial charge is 0.384 e. The van der Waals surface area contributed by atoms with Gasteiger partial charge in [-0.1, -0.05) is 0 Å². The summed E-state index contributed by atoms with van der Waals surface area (Å²) in [5, 5.41) is 10.9. The molecule has 3 rings (SSSR count). The van der Waals surface area contributed by atoms with E-state index in [4.69, 9.17) is 0 Å². The SMILES string of the molecule is Cc1cnc(Cc2ccnc(C(C)(O)CCc3ccncc3)c2)cn1. The third kappa shape index (κ3) is 4.67. The summed E-state index contributed by atoms with van der Waals surface area (Å²) < 4.78 is 0. The van der Waals surface area contributed by atoms with Crippen molar-refractivity contribution in [3.63, 3.8) is 0 Å². The average molecular weight is 334 g/mol. The van der Waals surface area contributed by atoms with Crippen molar-refractivity contribution in [1.82, 2.24) is 19.9 Å². The van der Waals surface area contributed by atoms with E-state index in [1.165, 1.54) is 0 Å². The van der Waals surface area contributed by atoms with Crippen molar-refractivity contribution >= 4 is 0 Å². The molecule has 0 saturated heterocycles. The summed E-state index contributed by atoms with van der Waals surface area (Å²) in [5.41, 5.74) is 3.71. The molecule has 5 nitrogen and oxygen atoms in total. The van der Waals surface area contributed by atoms with Gasteiger partial charge >= 0.3 is 0 Å². The molecule has 3 heterocycles. The van der Waals surface area contributed by atoms with Gasteiger partial charge in [-0.25, -0.2) is 0 Å². The van der Waals surface area contributed by atoms with Crippen molar-refractivity contribution in [3.05, 3.63) is 83.5 Å². The van der Waals surface area contributed by atoms with Crippen LogP contribution in [0.25, 0.3) is 0 Å². The van der Waals surface area contributed by atoms with E-state index in [1.54, 1.807) is 31.0 Å². The molecule has 0 fully saturated rings. The Balaban J connectivity index is 1.71. The highest BCUT2D eigenvalue weighted by Crippen LogP contribution is 2.25. The molecule has 3 aromatic rings. The van der Waals surface area contributed by atoms with Gasteiger partial charge in [0.2, 0.25) is 0 Å². The average Bonchev–Trinajstić information content (AvgIpc) is 2.63. The number of aliphatic hydroxyl groups is 1. The molecule has 25 heavy (non-hydrogen) atoms. The number of rotatable bonds is 6. The number of nitrogens with zero attached hydrogens (tertiary/aromatic N) is 4. The molecule has 3 aromatic heterocycles. The van der Waals surface area contributed by atoms with Gasteiger partial charge in [-0.3, -0.25) is 19.9 Å². The summed E-state index contributed by atoms with van der Waals surface area (Å²) in [4.78, 5) is 17.1. The molecule has 0 aliphatic rings. The lowest BCUT2D eigenvalue weighted by molar-refractivity contribution is 0.0435. The summed E-state index contributed by atoms with van der Waals surface area (Å²) in [6.45, 7) is 3.73. The van der Waals surface area contributed by atoms with Crippen LogP contribution in [0.4, 0.5) is 0 Å². The Morgan fingerprint density at radius 1 is 0.960 bits per heavy atom. The molecule has 0 aliphatic carbocycles. The maximum absolute atomic E-state index is 10.9. The van der Waals surface area contributed by atoms with Crippen LogP contribution in [0.3, 0.4) is 0 Å². The molecule has 1 N–H and O–H groups in total. The van der Waals surface area contributed by atoms with Gasteiger partial charge in [0.05, 0.1) is 17.1 Å². The van der Waals surface area contributed by atoms with Crippen LogP contribution in [0.1, 0.15) is 41.6 Å². The van der Waals surface area contributed by atoms with Crippen LogP contribution in [0, 0.1) is 6.92 Å². The zero-order valence-electron chi connectivity index (χ0n) is 14.6. The number of hydrogen-bond acceptors (Lipinski definition) is 5. The van der Waals surface area contributed by atoms with Gasteiger partial charge in [0.1, 0.15) is 5.60 Å². The second kappa shape index (κ2) is 7.49. The molecule has 0 radical (unpaired) electrons. The van der Waals surface area contributed by atoms with Crippen LogP contribution in [0.5, 0.6) is 0 Å². The quantitative estimate of drug-likeness (QED) is 0.750. The van der Waals surface area contributed by atoms with E-state index in [9.17, 15) is 5.11 Å². The first kappa shape index (κ1) is 17.2. The summed E-state index contributed by atoms with van der Waals surface area (Å²) in [7, 11) is 0. The topological polar surface area (TPSA) is 71.8 Å². The maximum Gasteiger partial charge on any atom is 0.104 e. The van der Waals surface area contributed by atoms with Gasteiger partial charge < -0.3 is 5.11 Å². The zero-order valence-corrected chi connectivity index (χ0v) is 14.6. The minimum atomic E-state index is -0.988. The fourth-order valence-electron chi connectivity index (χ4n) is 2.66. The van der Waals surface area contributed by atoms with Gasteiger partial charge in [-0.05, 0) is 62.1 Å². The Morgan fingerprint density at radius 3 is 2.44 bits per heavy atom. The Bertz CT molecular complexity index is 817. The van der Waals surface area contributed by atoms with Crippen molar-refractivity contribution in [2.24, 2.45) is 0 Å². The van der Waals surface area contributed by atoms with Crippen molar-refractivity contribution in [1.29, 1.82) is 0 Å². The molecular weight excluding hydrogens is 312 g/mol. The molecule has 1 unspecified atom stereocenters. The third-order valence-electron chi connectivity index (χ3n) is 4.25. The summed E-state index contributed by atoms with van der Waals surface area (Å²) >= 11 is 0. The third-order valence-corrected chi connectivity index (χ3v) is 4.25. The second-order valence-electron chi connectivity index (χ2n) is 6.50. The highest BCUT2D eigenvalue weighted by atomic mass is 16.3. The Hall–Kier alpha value is -2.66. The van der Waals surface area contributed by atoms with Gasteiger partial charge in [0.25, 0.3) is 0 Å². The maximum atomic E-state index is 10.9. The first-order chi connectivity index (χ1) is 12.0. The molecule has 128 valence electrons. The number of aromatic nitrogens is 4. The molecule has 0 aliphatic heterocycles. The van der Waals surface area contributed by atoms with E-state index in [0.29, 0.717) is 18.5 Å². The Kier molecular flexibility index (Phi) is 5.14. The van der Waals surface area contributed by atoms with Crippen LogP contribution in [0.15, 0.2) is 55.2 Å². The van der Waals surface area contributed by atoms with Crippen molar-refractivity contribution in [2.45, 2.75) is 38.7 Å². The number of aryl methyl sites for hydroxylation is 2. The van der Waals surface area contributed by atoms with Crippen LogP contribution < -0.4 is 0 Å². The van der Waals surface area contributed by atoms with Gasteiger partial charge in [0, 0.05) is 37.4 Å². The highest BCUT2D eigenvalue weighted by Gasteiger charge is 2.24. The van der Waals surface area contributed by atoms with E-state index >= 15 is 0 Å². The van der Waals surface area contributed by atoms with Crippen LogP contribution in [0.2, 0.25) is 0 Å². The van der Waals surface area contributed by atoms with Gasteiger partial charge in [-0.15, -0.1) is 0 Å². The fourth-order valence-corrected chi connectivity index (χ4v) is 2.66.